The molecule has 1 rings (SSSR count). The van der Waals surface area contributed by atoms with Crippen LogP contribution in [0.2, 0.25) is 0 Å². The molecule has 2 atom stereocenters. The molecule has 19 heavy (non-hydrogen) atoms. The minimum absolute atomic E-state index is 0.270. The highest BCUT2D eigenvalue weighted by Gasteiger charge is 2.42. The van der Waals surface area contributed by atoms with Gasteiger partial charge in [0.2, 0.25) is 0 Å². The van der Waals surface area contributed by atoms with Crippen molar-refractivity contribution in [3.05, 3.63) is 0 Å². The van der Waals surface area contributed by atoms with Gasteiger partial charge < -0.3 is 19.1 Å². The summed E-state index contributed by atoms with van der Waals surface area (Å²) in [5, 5.41) is 0. The molecule has 1 amide bonds. The molecule has 1 aliphatic heterocycles. The third-order valence-electron chi connectivity index (χ3n) is 2.81. The maximum Gasteiger partial charge on any atom is 0.410 e. The molecule has 1 heterocycles. The normalized spacial score (nSPS) is 23.3. The first-order chi connectivity index (χ1) is 8.78. The molecule has 1 fully saturated rings. The van der Waals surface area contributed by atoms with E-state index in [1.165, 1.54) is 12.0 Å². The number of esters is 1. The fourth-order valence-electron chi connectivity index (χ4n) is 1.96. The maximum absolute atomic E-state index is 11.9. The number of carbonyl (C=O) groups excluding carboxylic acids is 2. The lowest BCUT2D eigenvalue weighted by Gasteiger charge is -2.24. The van der Waals surface area contributed by atoms with E-state index >= 15 is 0 Å². The fraction of sp³-hybridized carbons (Fsp3) is 0.846. The summed E-state index contributed by atoms with van der Waals surface area (Å²) in [6.45, 7) is 8.09. The topological polar surface area (TPSA) is 65.1 Å². The van der Waals surface area contributed by atoms with Crippen LogP contribution >= 0.6 is 0 Å². The smallest absolute Gasteiger partial charge is 0.410 e. The van der Waals surface area contributed by atoms with Crippen LogP contribution in [0.25, 0.3) is 0 Å². The van der Waals surface area contributed by atoms with Gasteiger partial charge in [-0.05, 0) is 27.7 Å². The molecule has 6 nitrogen and oxygen atoms in total. The van der Waals surface area contributed by atoms with Gasteiger partial charge in [-0.15, -0.1) is 0 Å². The largest absolute Gasteiger partial charge is 0.466 e. The van der Waals surface area contributed by atoms with Crippen molar-refractivity contribution in [2.24, 2.45) is 5.92 Å². The van der Waals surface area contributed by atoms with E-state index in [0.29, 0.717) is 13.2 Å². The first-order valence-electron chi connectivity index (χ1n) is 6.45. The third kappa shape index (κ3) is 4.38. The number of hydrogen-bond donors (Lipinski definition) is 0. The zero-order valence-electron chi connectivity index (χ0n) is 12.3. The van der Waals surface area contributed by atoms with Gasteiger partial charge in [0.25, 0.3) is 0 Å². The Morgan fingerprint density at radius 3 is 2.37 bits per heavy atom. The predicted octanol–water partition coefficient (Wildman–Crippen LogP) is 1.43. The second-order valence-electron chi connectivity index (χ2n) is 5.52. The van der Waals surface area contributed by atoms with Crippen LogP contribution in [0.3, 0.4) is 0 Å². The second-order valence-corrected chi connectivity index (χ2v) is 5.52. The van der Waals surface area contributed by atoms with Gasteiger partial charge in [0, 0.05) is 13.7 Å². The van der Waals surface area contributed by atoms with E-state index in [1.807, 2.05) is 0 Å². The molecule has 2 unspecified atom stereocenters. The Morgan fingerprint density at radius 1 is 1.26 bits per heavy atom. The number of hydrogen-bond acceptors (Lipinski definition) is 5. The molecule has 0 aromatic rings. The Labute approximate surface area is 114 Å². The number of ether oxygens (including phenoxy) is 3. The Morgan fingerprint density at radius 2 is 1.89 bits per heavy atom. The molecule has 0 radical (unpaired) electrons. The fourth-order valence-corrected chi connectivity index (χ4v) is 1.96. The standard InChI is InChI=1S/C13H23NO5/c1-6-18-11(15)9-7-14(8-10(9)17-5)12(16)19-13(2,3)4/h9-10H,6-8H2,1-5H3. The second kappa shape index (κ2) is 6.23. The van der Waals surface area contributed by atoms with Crippen molar-refractivity contribution in [1.29, 1.82) is 0 Å². The molecule has 0 aromatic carbocycles. The molecule has 0 aliphatic carbocycles. The molecule has 0 bridgehead atoms. The lowest BCUT2D eigenvalue weighted by molar-refractivity contribution is -0.150. The quantitative estimate of drug-likeness (QED) is 0.728. The number of methoxy groups -OCH3 is 1. The van der Waals surface area contributed by atoms with E-state index in [9.17, 15) is 9.59 Å². The molecule has 0 saturated carbocycles. The van der Waals surface area contributed by atoms with Gasteiger partial charge in [0.1, 0.15) is 11.5 Å². The number of likely N-dealkylation sites (tertiary alicyclic amines) is 1. The predicted molar refractivity (Wildman–Crippen MR) is 68.7 cm³/mol. The van der Waals surface area contributed by atoms with Gasteiger partial charge in [-0.1, -0.05) is 0 Å². The van der Waals surface area contributed by atoms with Gasteiger partial charge in [0.15, 0.2) is 0 Å². The number of carbonyl (C=O) groups is 2. The van der Waals surface area contributed by atoms with Crippen molar-refractivity contribution in [1.82, 2.24) is 4.90 Å². The number of nitrogens with zero attached hydrogens (tertiary/aromatic N) is 1. The molecule has 0 spiro atoms. The molecule has 1 saturated heterocycles. The molecular formula is C13H23NO5. The number of amides is 1. The average Bonchev–Trinajstić information content (AvgIpc) is 2.71. The van der Waals surface area contributed by atoms with Crippen LogP contribution in [0.1, 0.15) is 27.7 Å². The molecular weight excluding hydrogens is 250 g/mol. The zero-order valence-corrected chi connectivity index (χ0v) is 12.3. The first-order valence-corrected chi connectivity index (χ1v) is 6.45. The van der Waals surface area contributed by atoms with Crippen LogP contribution in [-0.4, -0.2) is 55.5 Å². The average molecular weight is 273 g/mol. The Hall–Kier alpha value is -1.30. The van der Waals surface area contributed by atoms with Crippen LogP contribution in [0, 0.1) is 5.92 Å². The van der Waals surface area contributed by atoms with Crippen molar-refractivity contribution in [3.63, 3.8) is 0 Å². The lowest BCUT2D eigenvalue weighted by atomic mass is 10.1. The van der Waals surface area contributed by atoms with Crippen LogP contribution < -0.4 is 0 Å². The highest BCUT2D eigenvalue weighted by atomic mass is 16.6. The Balaban J connectivity index is 2.66. The highest BCUT2D eigenvalue weighted by molar-refractivity contribution is 5.76. The summed E-state index contributed by atoms with van der Waals surface area (Å²) in [5.74, 6) is -0.780. The summed E-state index contributed by atoms with van der Waals surface area (Å²) in [5.41, 5.74) is -0.554. The van der Waals surface area contributed by atoms with E-state index in [2.05, 4.69) is 0 Å². The third-order valence-corrected chi connectivity index (χ3v) is 2.81. The SMILES string of the molecule is CCOC(=O)C1CN(C(=O)OC(C)(C)C)CC1OC. The molecule has 6 heteroatoms. The summed E-state index contributed by atoms with van der Waals surface area (Å²) in [7, 11) is 1.52. The van der Waals surface area contributed by atoms with E-state index < -0.39 is 17.6 Å². The minimum Gasteiger partial charge on any atom is -0.466 e. The summed E-state index contributed by atoms with van der Waals surface area (Å²) >= 11 is 0. The van der Waals surface area contributed by atoms with E-state index in [0.717, 1.165) is 0 Å². The van der Waals surface area contributed by atoms with Gasteiger partial charge >= 0.3 is 12.1 Å². The Kier molecular flexibility index (Phi) is 5.17. The van der Waals surface area contributed by atoms with Gasteiger partial charge in [0.05, 0.1) is 19.3 Å². The van der Waals surface area contributed by atoms with Crippen molar-refractivity contribution in [2.45, 2.75) is 39.4 Å². The lowest BCUT2D eigenvalue weighted by Crippen LogP contribution is -2.36. The minimum atomic E-state index is -0.554. The van der Waals surface area contributed by atoms with Crippen LogP contribution in [-0.2, 0) is 19.0 Å². The number of rotatable bonds is 3. The summed E-state index contributed by atoms with van der Waals surface area (Å²) < 4.78 is 15.5. The van der Waals surface area contributed by atoms with Crippen LogP contribution in [0.5, 0.6) is 0 Å². The molecule has 0 N–H and O–H groups in total. The maximum atomic E-state index is 11.9. The van der Waals surface area contributed by atoms with E-state index in [-0.39, 0.29) is 18.6 Å². The Bertz CT molecular complexity index is 336. The van der Waals surface area contributed by atoms with Crippen molar-refractivity contribution in [3.8, 4) is 0 Å². The summed E-state index contributed by atoms with van der Waals surface area (Å²) in [6, 6.07) is 0. The van der Waals surface area contributed by atoms with Crippen LogP contribution in [0.4, 0.5) is 4.79 Å². The van der Waals surface area contributed by atoms with Crippen molar-refractivity contribution in [2.75, 3.05) is 26.8 Å². The molecule has 0 aromatic heterocycles. The first kappa shape index (κ1) is 15.8. The van der Waals surface area contributed by atoms with E-state index in [4.69, 9.17) is 14.2 Å². The monoisotopic (exact) mass is 273 g/mol. The van der Waals surface area contributed by atoms with Crippen molar-refractivity contribution >= 4 is 12.1 Å². The van der Waals surface area contributed by atoms with Gasteiger partial charge in [-0.3, -0.25) is 4.79 Å². The molecule has 110 valence electrons. The van der Waals surface area contributed by atoms with Gasteiger partial charge in [-0.25, -0.2) is 4.79 Å². The van der Waals surface area contributed by atoms with Crippen molar-refractivity contribution < 1.29 is 23.8 Å². The van der Waals surface area contributed by atoms with Crippen LogP contribution in [0.15, 0.2) is 0 Å². The zero-order chi connectivity index (χ0) is 14.6. The van der Waals surface area contributed by atoms with E-state index in [1.54, 1.807) is 27.7 Å². The van der Waals surface area contributed by atoms with Gasteiger partial charge in [-0.2, -0.15) is 0 Å². The molecule has 1 aliphatic rings. The summed E-state index contributed by atoms with van der Waals surface area (Å²) in [6.07, 6.45) is -0.770. The highest BCUT2D eigenvalue weighted by Crippen LogP contribution is 2.23. The summed E-state index contributed by atoms with van der Waals surface area (Å²) in [4.78, 5) is 25.2.